The van der Waals surface area contributed by atoms with Gasteiger partial charge in [0.2, 0.25) is 0 Å². The first-order valence-corrected chi connectivity index (χ1v) is 7.30. The van der Waals surface area contributed by atoms with Crippen LogP contribution < -0.4 is 0 Å². The number of hydrogen-bond donors (Lipinski definition) is 0. The zero-order chi connectivity index (χ0) is 14.5. The molecular weight excluding hydrogens is 232 g/mol. The Morgan fingerprint density at radius 3 is 2.32 bits per heavy atom. The van der Waals surface area contributed by atoms with Gasteiger partial charge in [0.05, 0.1) is 5.76 Å². The van der Waals surface area contributed by atoms with Gasteiger partial charge in [-0.25, -0.2) is 0 Å². The third-order valence-electron chi connectivity index (χ3n) is 2.87. The van der Waals surface area contributed by atoms with E-state index in [1.807, 2.05) is 0 Å². The van der Waals surface area contributed by atoms with Crippen molar-refractivity contribution in [1.29, 1.82) is 0 Å². The molecule has 0 aromatic carbocycles. The number of allylic oxidation sites excluding steroid dienone is 6. The molecule has 0 aromatic heterocycles. The smallest absolute Gasteiger partial charge is 0.106 e. The largest absolute Gasteiger partial charge is 0.495 e. The third kappa shape index (κ3) is 13.0. The molecule has 0 unspecified atom stereocenters. The molecule has 0 saturated carbocycles. The van der Waals surface area contributed by atoms with Crippen LogP contribution in [0.3, 0.4) is 0 Å². The van der Waals surface area contributed by atoms with Crippen LogP contribution in [0.15, 0.2) is 47.8 Å². The summed E-state index contributed by atoms with van der Waals surface area (Å²) in [5.74, 6) is 0.864. The summed E-state index contributed by atoms with van der Waals surface area (Å²) in [5.41, 5.74) is 2.79. The molecule has 19 heavy (non-hydrogen) atoms. The highest BCUT2D eigenvalue weighted by Crippen LogP contribution is 2.07. The third-order valence-corrected chi connectivity index (χ3v) is 2.87. The summed E-state index contributed by atoms with van der Waals surface area (Å²) in [6.07, 6.45) is 14.4. The van der Waals surface area contributed by atoms with Gasteiger partial charge in [-0.15, -0.1) is 0 Å². The topological polar surface area (TPSA) is 9.23 Å². The van der Waals surface area contributed by atoms with Crippen molar-refractivity contribution in [2.24, 2.45) is 0 Å². The molecule has 0 N–H and O–H groups in total. The molecule has 0 spiro atoms. The molecule has 0 aliphatic rings. The van der Waals surface area contributed by atoms with Crippen LogP contribution >= 0.6 is 0 Å². The summed E-state index contributed by atoms with van der Waals surface area (Å²) in [4.78, 5) is 0. The molecule has 1 nitrogen and oxygen atoms in total. The van der Waals surface area contributed by atoms with Crippen molar-refractivity contribution in [2.75, 3.05) is 6.61 Å². The average molecular weight is 262 g/mol. The summed E-state index contributed by atoms with van der Waals surface area (Å²) in [5, 5.41) is 0. The summed E-state index contributed by atoms with van der Waals surface area (Å²) in [6, 6.07) is 0. The Morgan fingerprint density at radius 2 is 1.68 bits per heavy atom. The van der Waals surface area contributed by atoms with Crippen LogP contribution in [0.1, 0.15) is 59.8 Å². The predicted molar refractivity (Wildman–Crippen MR) is 86.2 cm³/mol. The van der Waals surface area contributed by atoms with Crippen molar-refractivity contribution >= 4 is 0 Å². The van der Waals surface area contributed by atoms with E-state index in [-0.39, 0.29) is 0 Å². The van der Waals surface area contributed by atoms with E-state index in [0.29, 0.717) is 6.61 Å². The van der Waals surface area contributed by atoms with Gasteiger partial charge in [-0.3, -0.25) is 0 Å². The Labute approximate surface area is 119 Å². The normalized spacial score (nSPS) is 11.7. The van der Waals surface area contributed by atoms with Crippen molar-refractivity contribution in [1.82, 2.24) is 0 Å². The van der Waals surface area contributed by atoms with Crippen LogP contribution in [-0.2, 0) is 4.74 Å². The summed E-state index contributed by atoms with van der Waals surface area (Å²) < 4.78 is 5.45. The van der Waals surface area contributed by atoms with Gasteiger partial charge in [-0.05, 0) is 52.5 Å². The molecule has 0 fully saturated rings. The lowest BCUT2D eigenvalue weighted by Gasteiger charge is -2.04. The van der Waals surface area contributed by atoms with E-state index < -0.39 is 0 Å². The van der Waals surface area contributed by atoms with Gasteiger partial charge < -0.3 is 4.74 Å². The highest BCUT2D eigenvalue weighted by molar-refractivity contribution is 5.01. The van der Waals surface area contributed by atoms with E-state index in [9.17, 15) is 0 Å². The van der Waals surface area contributed by atoms with Crippen molar-refractivity contribution < 1.29 is 4.74 Å². The van der Waals surface area contributed by atoms with Crippen LogP contribution in [0, 0.1) is 0 Å². The second-order valence-electron chi connectivity index (χ2n) is 5.12. The highest BCUT2D eigenvalue weighted by atomic mass is 16.5. The van der Waals surface area contributed by atoms with E-state index in [2.05, 4.69) is 58.6 Å². The van der Waals surface area contributed by atoms with Crippen LogP contribution in [0.4, 0.5) is 0 Å². The number of rotatable bonds is 10. The molecule has 0 rings (SSSR count). The fourth-order valence-electron chi connectivity index (χ4n) is 1.52. The molecule has 0 amide bonds. The van der Waals surface area contributed by atoms with Gasteiger partial charge in [0, 0.05) is 6.42 Å². The van der Waals surface area contributed by atoms with E-state index in [4.69, 9.17) is 4.74 Å². The van der Waals surface area contributed by atoms with Crippen molar-refractivity contribution in [3.63, 3.8) is 0 Å². The molecule has 0 saturated heterocycles. The SMILES string of the molecule is C=C(CC)OC/C=C(\C)CC/C=C/CCC=C(C)C. The Balaban J connectivity index is 3.64. The maximum absolute atomic E-state index is 5.45. The van der Waals surface area contributed by atoms with Crippen LogP contribution in [-0.4, -0.2) is 6.61 Å². The molecule has 0 heterocycles. The van der Waals surface area contributed by atoms with Crippen LogP contribution in [0.5, 0.6) is 0 Å². The van der Waals surface area contributed by atoms with E-state index in [0.717, 1.165) is 37.9 Å². The van der Waals surface area contributed by atoms with Gasteiger partial charge in [-0.1, -0.05) is 42.9 Å². The van der Waals surface area contributed by atoms with Gasteiger partial charge >= 0.3 is 0 Å². The lowest BCUT2D eigenvalue weighted by Crippen LogP contribution is -1.90. The molecule has 0 aliphatic carbocycles. The first-order chi connectivity index (χ1) is 9.06. The molecule has 0 atom stereocenters. The highest BCUT2D eigenvalue weighted by Gasteiger charge is 1.91. The second-order valence-corrected chi connectivity index (χ2v) is 5.12. The maximum Gasteiger partial charge on any atom is 0.106 e. The van der Waals surface area contributed by atoms with Crippen molar-refractivity contribution in [3.05, 3.63) is 47.8 Å². The summed E-state index contributed by atoms with van der Waals surface area (Å²) in [7, 11) is 0. The molecule has 108 valence electrons. The predicted octanol–water partition coefficient (Wildman–Crippen LogP) is 5.96. The minimum Gasteiger partial charge on any atom is -0.495 e. The Morgan fingerprint density at radius 1 is 1.00 bits per heavy atom. The molecule has 1 heteroatoms. The first-order valence-electron chi connectivity index (χ1n) is 7.30. The van der Waals surface area contributed by atoms with E-state index in [1.54, 1.807) is 0 Å². The van der Waals surface area contributed by atoms with E-state index >= 15 is 0 Å². The molecule has 0 aliphatic heterocycles. The van der Waals surface area contributed by atoms with Gasteiger partial charge in [0.15, 0.2) is 0 Å². The Bertz CT molecular complexity index is 328. The lowest BCUT2D eigenvalue weighted by molar-refractivity contribution is 0.240. The Hall–Kier alpha value is -1.24. The minimum atomic E-state index is 0.656. The van der Waals surface area contributed by atoms with Crippen molar-refractivity contribution in [3.8, 4) is 0 Å². The van der Waals surface area contributed by atoms with Gasteiger partial charge in [-0.2, -0.15) is 0 Å². The van der Waals surface area contributed by atoms with Crippen molar-refractivity contribution in [2.45, 2.75) is 59.8 Å². The zero-order valence-electron chi connectivity index (χ0n) is 13.2. The minimum absolute atomic E-state index is 0.656. The molecule has 0 aromatic rings. The Kier molecular flexibility index (Phi) is 11.1. The molecule has 0 radical (unpaired) electrons. The standard InChI is InChI=1S/C18H30O/c1-6-18(5)19-15-14-17(4)13-11-9-7-8-10-12-16(2)3/h7,9,12,14H,5-6,8,10-11,13,15H2,1-4H3/b9-7+,17-14+. The maximum atomic E-state index is 5.45. The van der Waals surface area contributed by atoms with Gasteiger partial charge in [0.25, 0.3) is 0 Å². The second kappa shape index (κ2) is 11.8. The fourth-order valence-corrected chi connectivity index (χ4v) is 1.52. The first kappa shape index (κ1) is 17.8. The number of ether oxygens (including phenoxy) is 1. The lowest BCUT2D eigenvalue weighted by atomic mass is 10.1. The van der Waals surface area contributed by atoms with E-state index in [1.165, 1.54) is 11.1 Å². The fraction of sp³-hybridized carbons (Fsp3) is 0.556. The van der Waals surface area contributed by atoms with Crippen LogP contribution in [0.2, 0.25) is 0 Å². The summed E-state index contributed by atoms with van der Waals surface area (Å²) in [6.45, 7) is 13.0. The monoisotopic (exact) mass is 262 g/mol. The number of hydrogen-bond acceptors (Lipinski definition) is 1. The molecule has 0 bridgehead atoms. The molecular formula is C18H30O. The zero-order valence-corrected chi connectivity index (χ0v) is 13.2. The average Bonchev–Trinajstić information content (AvgIpc) is 2.37. The quantitative estimate of drug-likeness (QED) is 0.268. The van der Waals surface area contributed by atoms with Crippen LogP contribution in [0.25, 0.3) is 0 Å². The number of unbranched alkanes of at least 4 members (excludes halogenated alkanes) is 1. The summed E-state index contributed by atoms with van der Waals surface area (Å²) >= 11 is 0. The van der Waals surface area contributed by atoms with Gasteiger partial charge in [0.1, 0.15) is 6.61 Å².